The Morgan fingerprint density at radius 1 is 1.33 bits per heavy atom. The van der Waals surface area contributed by atoms with E-state index in [1.54, 1.807) is 0 Å². The maximum absolute atomic E-state index is 8.75. The second-order valence-electron chi connectivity index (χ2n) is 5.78. The second-order valence-corrected chi connectivity index (χ2v) is 5.78. The van der Waals surface area contributed by atoms with E-state index in [1.165, 1.54) is 38.5 Å². The van der Waals surface area contributed by atoms with Gasteiger partial charge >= 0.3 is 0 Å². The molecular weight excluding hydrogens is 224 g/mol. The molecule has 1 unspecified atom stereocenters. The molecule has 1 atom stereocenters. The summed E-state index contributed by atoms with van der Waals surface area (Å²) in [6, 6.07) is 2.90. The van der Waals surface area contributed by atoms with Crippen LogP contribution in [0.2, 0.25) is 0 Å². The summed E-state index contributed by atoms with van der Waals surface area (Å²) in [6.07, 6.45) is 9.51. The van der Waals surface area contributed by atoms with Gasteiger partial charge in [0.05, 0.1) is 11.7 Å². The first-order chi connectivity index (χ1) is 8.79. The molecule has 0 radical (unpaired) electrons. The van der Waals surface area contributed by atoms with Crippen LogP contribution in [0.25, 0.3) is 0 Å². The van der Waals surface area contributed by atoms with Gasteiger partial charge < -0.3 is 4.74 Å². The van der Waals surface area contributed by atoms with Crippen LogP contribution in [-0.2, 0) is 4.74 Å². The smallest absolute Gasteiger partial charge is 0.0697 e. The average molecular weight is 250 g/mol. The standard InChI is InChI=1S/C15H26N2O/c1-2-17(11-6-10-16)14-7-12-18-15(13-14)8-4-3-5-9-15/h14H,2-9,11-13H2,1H3. The Bertz CT molecular complexity index is 286. The first-order valence-corrected chi connectivity index (χ1v) is 7.54. The largest absolute Gasteiger partial charge is 0.375 e. The maximum Gasteiger partial charge on any atom is 0.0697 e. The van der Waals surface area contributed by atoms with Crippen molar-refractivity contribution in [1.82, 2.24) is 4.90 Å². The number of nitriles is 1. The van der Waals surface area contributed by atoms with E-state index in [9.17, 15) is 0 Å². The fraction of sp³-hybridized carbons (Fsp3) is 0.933. The molecule has 1 spiro atoms. The lowest BCUT2D eigenvalue weighted by atomic mass is 9.78. The Balaban J connectivity index is 1.94. The summed E-state index contributed by atoms with van der Waals surface area (Å²) in [4.78, 5) is 2.49. The number of nitrogens with zero attached hydrogens (tertiary/aromatic N) is 2. The van der Waals surface area contributed by atoms with Crippen LogP contribution in [0.3, 0.4) is 0 Å². The van der Waals surface area contributed by atoms with Crippen LogP contribution in [0.1, 0.15) is 58.3 Å². The minimum atomic E-state index is 0.182. The molecule has 2 fully saturated rings. The van der Waals surface area contributed by atoms with Gasteiger partial charge in [-0.25, -0.2) is 0 Å². The van der Waals surface area contributed by atoms with Gasteiger partial charge in [0, 0.05) is 25.6 Å². The van der Waals surface area contributed by atoms with Crippen LogP contribution in [0.5, 0.6) is 0 Å². The fourth-order valence-electron chi connectivity index (χ4n) is 3.65. The second kappa shape index (κ2) is 6.54. The van der Waals surface area contributed by atoms with Crippen molar-refractivity contribution in [3.63, 3.8) is 0 Å². The average Bonchev–Trinajstić information content (AvgIpc) is 2.41. The zero-order valence-corrected chi connectivity index (χ0v) is 11.7. The highest BCUT2D eigenvalue weighted by atomic mass is 16.5. The van der Waals surface area contributed by atoms with E-state index in [-0.39, 0.29) is 5.60 Å². The van der Waals surface area contributed by atoms with Crippen molar-refractivity contribution in [2.75, 3.05) is 19.7 Å². The third-order valence-corrected chi connectivity index (χ3v) is 4.67. The van der Waals surface area contributed by atoms with E-state index in [1.807, 2.05) is 0 Å². The molecule has 0 amide bonds. The highest BCUT2D eigenvalue weighted by Crippen LogP contribution is 2.39. The predicted octanol–water partition coefficient (Wildman–Crippen LogP) is 3.10. The topological polar surface area (TPSA) is 36.3 Å². The normalized spacial score (nSPS) is 27.3. The number of hydrogen-bond acceptors (Lipinski definition) is 3. The minimum absolute atomic E-state index is 0.182. The van der Waals surface area contributed by atoms with E-state index in [0.717, 1.165) is 26.1 Å². The fourth-order valence-corrected chi connectivity index (χ4v) is 3.65. The molecule has 1 saturated heterocycles. The third-order valence-electron chi connectivity index (χ3n) is 4.67. The summed E-state index contributed by atoms with van der Waals surface area (Å²) >= 11 is 0. The van der Waals surface area contributed by atoms with E-state index < -0.39 is 0 Å². The van der Waals surface area contributed by atoms with E-state index in [2.05, 4.69) is 17.9 Å². The lowest BCUT2D eigenvalue weighted by Crippen LogP contribution is -2.49. The number of rotatable bonds is 4. The van der Waals surface area contributed by atoms with Gasteiger partial charge in [-0.2, -0.15) is 5.26 Å². The van der Waals surface area contributed by atoms with Gasteiger partial charge in [-0.05, 0) is 32.2 Å². The molecular formula is C15H26N2O. The van der Waals surface area contributed by atoms with Gasteiger partial charge in [0.2, 0.25) is 0 Å². The van der Waals surface area contributed by atoms with Crippen LogP contribution in [-0.4, -0.2) is 36.2 Å². The SMILES string of the molecule is CCN(CCC#N)C1CCOC2(CCCCC2)C1. The molecule has 3 nitrogen and oxygen atoms in total. The van der Waals surface area contributed by atoms with Crippen LogP contribution in [0, 0.1) is 11.3 Å². The van der Waals surface area contributed by atoms with E-state index >= 15 is 0 Å². The Kier molecular flexibility index (Phi) is 5.03. The molecule has 0 bridgehead atoms. The Hall–Kier alpha value is -0.590. The van der Waals surface area contributed by atoms with E-state index in [4.69, 9.17) is 10.00 Å². The van der Waals surface area contributed by atoms with Gasteiger partial charge in [0.15, 0.2) is 0 Å². The molecule has 102 valence electrons. The summed E-state index contributed by atoms with van der Waals surface area (Å²) in [6.45, 7) is 5.10. The summed E-state index contributed by atoms with van der Waals surface area (Å²) in [5.41, 5.74) is 0.182. The van der Waals surface area contributed by atoms with Crippen molar-refractivity contribution < 1.29 is 4.74 Å². The highest BCUT2D eigenvalue weighted by molar-refractivity contribution is 4.93. The zero-order chi connectivity index (χ0) is 12.8. The summed E-state index contributed by atoms with van der Waals surface area (Å²) in [7, 11) is 0. The molecule has 3 heteroatoms. The molecule has 1 aliphatic carbocycles. The number of ether oxygens (including phenoxy) is 1. The molecule has 1 aliphatic heterocycles. The lowest BCUT2D eigenvalue weighted by Gasteiger charge is -2.46. The summed E-state index contributed by atoms with van der Waals surface area (Å²) in [5.74, 6) is 0. The van der Waals surface area contributed by atoms with Crippen molar-refractivity contribution in [3.05, 3.63) is 0 Å². The van der Waals surface area contributed by atoms with Gasteiger partial charge in [-0.15, -0.1) is 0 Å². The van der Waals surface area contributed by atoms with Crippen LogP contribution in [0.15, 0.2) is 0 Å². The maximum atomic E-state index is 8.75. The Labute approximate surface area is 111 Å². The first kappa shape index (κ1) is 13.8. The molecule has 0 aromatic heterocycles. The van der Waals surface area contributed by atoms with Crippen LogP contribution < -0.4 is 0 Å². The van der Waals surface area contributed by atoms with Crippen molar-refractivity contribution >= 4 is 0 Å². The molecule has 2 rings (SSSR count). The first-order valence-electron chi connectivity index (χ1n) is 7.54. The molecule has 0 aromatic carbocycles. The van der Waals surface area contributed by atoms with Gasteiger partial charge in [0.1, 0.15) is 0 Å². The monoisotopic (exact) mass is 250 g/mol. The van der Waals surface area contributed by atoms with Crippen LogP contribution in [0.4, 0.5) is 0 Å². The minimum Gasteiger partial charge on any atom is -0.375 e. The Morgan fingerprint density at radius 2 is 2.11 bits per heavy atom. The van der Waals surface area contributed by atoms with Gasteiger partial charge in [0.25, 0.3) is 0 Å². The summed E-state index contributed by atoms with van der Waals surface area (Å²) < 4.78 is 6.14. The highest BCUT2D eigenvalue weighted by Gasteiger charge is 2.39. The van der Waals surface area contributed by atoms with Crippen LogP contribution >= 0.6 is 0 Å². The van der Waals surface area contributed by atoms with Crippen molar-refractivity contribution in [2.24, 2.45) is 0 Å². The zero-order valence-electron chi connectivity index (χ0n) is 11.7. The van der Waals surface area contributed by atoms with E-state index in [0.29, 0.717) is 12.5 Å². The summed E-state index contributed by atoms with van der Waals surface area (Å²) in [5, 5.41) is 8.75. The van der Waals surface area contributed by atoms with Crippen molar-refractivity contribution in [2.45, 2.75) is 69.9 Å². The predicted molar refractivity (Wildman–Crippen MR) is 72.3 cm³/mol. The van der Waals surface area contributed by atoms with Crippen molar-refractivity contribution in [1.29, 1.82) is 5.26 Å². The van der Waals surface area contributed by atoms with Crippen molar-refractivity contribution in [3.8, 4) is 6.07 Å². The van der Waals surface area contributed by atoms with Gasteiger partial charge in [-0.3, -0.25) is 4.90 Å². The van der Waals surface area contributed by atoms with Gasteiger partial charge in [-0.1, -0.05) is 26.2 Å². The Morgan fingerprint density at radius 3 is 2.78 bits per heavy atom. The molecule has 2 aliphatic rings. The number of hydrogen-bond donors (Lipinski definition) is 0. The molecule has 0 N–H and O–H groups in total. The molecule has 0 aromatic rings. The lowest BCUT2D eigenvalue weighted by molar-refractivity contribution is -0.123. The third kappa shape index (κ3) is 3.24. The molecule has 18 heavy (non-hydrogen) atoms. The quantitative estimate of drug-likeness (QED) is 0.769. The molecule has 1 heterocycles. The molecule has 1 saturated carbocycles.